The highest BCUT2D eigenvalue weighted by molar-refractivity contribution is 6.33. The van der Waals surface area contributed by atoms with E-state index in [2.05, 4.69) is 21.3 Å². The van der Waals surface area contributed by atoms with Gasteiger partial charge < -0.3 is 60.6 Å². The van der Waals surface area contributed by atoms with Crippen molar-refractivity contribution in [1.82, 2.24) is 31.1 Å². The van der Waals surface area contributed by atoms with E-state index in [-0.39, 0.29) is 153 Å². The van der Waals surface area contributed by atoms with Crippen molar-refractivity contribution < 1.29 is 77.7 Å². The summed E-state index contributed by atoms with van der Waals surface area (Å²) in [7, 11) is 4.77. The summed E-state index contributed by atoms with van der Waals surface area (Å²) in [5.41, 5.74) is -2.01. The number of carboxylic acids is 4. The van der Waals surface area contributed by atoms with Gasteiger partial charge in [0.15, 0.2) is 0 Å². The topological polar surface area (TPSA) is 309 Å². The van der Waals surface area contributed by atoms with Crippen LogP contribution in [0.2, 0.25) is 20.1 Å². The van der Waals surface area contributed by atoms with Crippen molar-refractivity contribution in [3.63, 3.8) is 0 Å². The highest BCUT2D eigenvalue weighted by atomic mass is 35.5. The lowest BCUT2D eigenvalue weighted by Crippen LogP contribution is -2.46. The number of ether oxygens (including phenoxy) is 4. The molecule has 0 atom stereocenters. The third kappa shape index (κ3) is 15.2. The Kier molecular flexibility index (Phi) is 21.5. The van der Waals surface area contributed by atoms with E-state index in [1.165, 1.54) is 52.7 Å². The van der Waals surface area contributed by atoms with Gasteiger partial charge in [0, 0.05) is 85.5 Å². The summed E-state index contributed by atoms with van der Waals surface area (Å²) >= 11 is 24.6. The number of hydrogen-bond donors (Lipinski definition) is 8. The van der Waals surface area contributed by atoms with E-state index in [1.807, 2.05) is 9.80 Å². The third-order valence-electron chi connectivity index (χ3n) is 10.5. The zero-order valence-electron chi connectivity index (χ0n) is 38.8. The van der Waals surface area contributed by atoms with Crippen molar-refractivity contribution in [3.8, 4) is 23.0 Å². The van der Waals surface area contributed by atoms with E-state index in [1.54, 1.807) is 0 Å². The van der Waals surface area contributed by atoms with E-state index >= 15 is 0 Å². The molecule has 26 heteroatoms. The molecule has 0 aromatic heterocycles. The molecular formula is C46H48Cl4N6O16. The summed E-state index contributed by atoms with van der Waals surface area (Å²) in [4.78, 5) is 105. The molecule has 4 rings (SSSR count). The Labute approximate surface area is 430 Å². The van der Waals surface area contributed by atoms with Crippen LogP contribution in [-0.2, 0) is 0 Å². The van der Waals surface area contributed by atoms with Crippen molar-refractivity contribution in [2.24, 2.45) is 0 Å². The Morgan fingerprint density at radius 2 is 0.542 bits per heavy atom. The van der Waals surface area contributed by atoms with Crippen molar-refractivity contribution in [2.75, 3.05) is 93.9 Å². The first-order chi connectivity index (χ1) is 34.1. The number of amides is 4. The molecule has 4 amide bonds. The van der Waals surface area contributed by atoms with Gasteiger partial charge >= 0.3 is 23.9 Å². The first-order valence-electron chi connectivity index (χ1n) is 21.2. The molecule has 386 valence electrons. The molecule has 0 heterocycles. The molecule has 0 radical (unpaired) electrons. The van der Waals surface area contributed by atoms with Gasteiger partial charge in [-0.1, -0.05) is 46.4 Å². The Morgan fingerprint density at radius 1 is 0.361 bits per heavy atom. The minimum Gasteiger partial charge on any atom is -0.495 e. The second kappa shape index (κ2) is 26.9. The molecule has 0 aliphatic carbocycles. The average Bonchev–Trinajstić information content (AvgIpc) is 3.33. The van der Waals surface area contributed by atoms with Crippen LogP contribution in [0.25, 0.3) is 0 Å². The Morgan fingerprint density at radius 3 is 0.708 bits per heavy atom. The number of nitrogens with zero attached hydrogens (tertiary/aromatic N) is 2. The molecule has 72 heavy (non-hydrogen) atoms. The summed E-state index contributed by atoms with van der Waals surface area (Å²) in [6, 6.07) is 9.49. The summed E-state index contributed by atoms with van der Waals surface area (Å²) in [5.74, 6) is -9.35. The first-order valence-corrected chi connectivity index (χ1v) is 22.7. The lowest BCUT2D eigenvalue weighted by molar-refractivity contribution is 0.0681. The number of halogens is 4. The predicted molar refractivity (Wildman–Crippen MR) is 262 cm³/mol. The molecule has 0 aliphatic rings. The molecule has 8 N–H and O–H groups in total. The van der Waals surface area contributed by atoms with E-state index in [4.69, 9.17) is 65.4 Å². The van der Waals surface area contributed by atoms with Crippen LogP contribution in [0.1, 0.15) is 82.9 Å². The average molecular weight is 1080 g/mol. The second-order valence-corrected chi connectivity index (χ2v) is 16.8. The minimum absolute atomic E-state index is 0.0385. The number of hydrogen-bond acceptors (Lipinski definition) is 14. The predicted octanol–water partition coefficient (Wildman–Crippen LogP) is 4.75. The largest absolute Gasteiger partial charge is 0.495 e. The maximum Gasteiger partial charge on any atom is 0.339 e. The molecule has 0 saturated heterocycles. The maximum atomic E-state index is 13.4. The van der Waals surface area contributed by atoms with Gasteiger partial charge in [0.1, 0.15) is 45.3 Å². The van der Waals surface area contributed by atoms with Crippen LogP contribution >= 0.6 is 46.4 Å². The molecule has 22 nitrogen and oxygen atoms in total. The number of benzene rings is 4. The SMILES string of the molecule is COc1c(C(=O)O)cc(Cl)cc1C(=O)NCCN(CCNC(=O)c1cc(Cl)cc(C(=O)O)c1OC)CCN(CCNC(=O)c1cc(Cl)cc(C(=O)O)c1OC)CCNC(=O)c1cc(Cl)cc(C(=O)O)c1OC. The van der Waals surface area contributed by atoms with Crippen LogP contribution in [0.4, 0.5) is 0 Å². The number of methoxy groups -OCH3 is 4. The van der Waals surface area contributed by atoms with Gasteiger partial charge in [0.25, 0.3) is 23.6 Å². The van der Waals surface area contributed by atoms with Gasteiger partial charge in [-0.05, 0) is 48.5 Å². The summed E-state index contributed by atoms with van der Waals surface area (Å²) in [5, 5.41) is 49.5. The van der Waals surface area contributed by atoms with Crippen LogP contribution < -0.4 is 40.2 Å². The lowest BCUT2D eigenvalue weighted by atomic mass is 10.1. The Balaban J connectivity index is 1.60. The lowest BCUT2D eigenvalue weighted by Gasteiger charge is -2.28. The minimum atomic E-state index is -1.39. The first kappa shape index (κ1) is 57.5. The van der Waals surface area contributed by atoms with Crippen molar-refractivity contribution in [2.45, 2.75) is 0 Å². The Bertz CT molecular complexity index is 2380. The van der Waals surface area contributed by atoms with E-state index in [9.17, 15) is 58.8 Å². The molecule has 0 spiro atoms. The molecule has 0 saturated carbocycles. The van der Waals surface area contributed by atoms with Gasteiger partial charge in [-0.2, -0.15) is 0 Å². The summed E-state index contributed by atoms with van der Waals surface area (Å²) in [6.07, 6.45) is 0. The van der Waals surface area contributed by atoms with Gasteiger partial charge in [-0.15, -0.1) is 0 Å². The standard InChI is InChI=1S/C46H48Cl4N6O16/c1-69-35-27(15-23(47)19-31(35)43(61)62)39(57)51-5-9-55(10-6-52-40(58)28-16-24(48)20-32(44(63)64)36(28)70-2)13-14-56(11-7-53-41(59)29-17-25(49)21-33(45(65)66)37(29)71-3)12-8-54-42(60)30-18-26(50)22-34(46(67)68)38(30)72-4/h15-22H,5-14H2,1-4H3,(H,51,57)(H,52,58)(H,53,59)(H,54,60)(H,61,62)(H,63,64)(H,65,66)(H,67,68). The van der Waals surface area contributed by atoms with Crippen molar-refractivity contribution in [1.29, 1.82) is 0 Å². The fourth-order valence-corrected chi connectivity index (χ4v) is 8.08. The van der Waals surface area contributed by atoms with Gasteiger partial charge in [0.05, 0.1) is 50.7 Å². The number of aromatic carboxylic acids is 4. The third-order valence-corrected chi connectivity index (χ3v) is 11.4. The van der Waals surface area contributed by atoms with Crippen LogP contribution in [0.5, 0.6) is 23.0 Å². The number of carbonyl (C=O) groups excluding carboxylic acids is 4. The molecule has 0 aliphatic heterocycles. The molecule has 0 bridgehead atoms. The fourth-order valence-electron chi connectivity index (χ4n) is 7.21. The quantitative estimate of drug-likeness (QED) is 0.0399. The zero-order valence-corrected chi connectivity index (χ0v) is 41.8. The summed E-state index contributed by atoms with van der Waals surface area (Å²) < 4.78 is 21.0. The fraction of sp³-hybridized carbons (Fsp3) is 0.304. The van der Waals surface area contributed by atoms with Gasteiger partial charge in [0.2, 0.25) is 0 Å². The normalized spacial score (nSPS) is 10.9. The second-order valence-electron chi connectivity index (χ2n) is 15.1. The van der Waals surface area contributed by atoms with Crippen molar-refractivity contribution >= 4 is 93.9 Å². The van der Waals surface area contributed by atoms with Gasteiger partial charge in [-0.3, -0.25) is 29.0 Å². The van der Waals surface area contributed by atoms with E-state index in [0.717, 1.165) is 24.3 Å². The monoisotopic (exact) mass is 1080 g/mol. The van der Waals surface area contributed by atoms with E-state index < -0.39 is 47.5 Å². The number of carboxylic acid groups (broad SMARTS) is 4. The van der Waals surface area contributed by atoms with Crippen LogP contribution in [0.3, 0.4) is 0 Å². The summed E-state index contributed by atoms with van der Waals surface area (Å²) in [6.45, 7) is 0.529. The van der Waals surface area contributed by atoms with E-state index in [0.29, 0.717) is 0 Å². The maximum absolute atomic E-state index is 13.4. The number of carbonyl (C=O) groups is 8. The molecular weight excluding hydrogens is 1030 g/mol. The van der Waals surface area contributed by atoms with Crippen molar-refractivity contribution in [3.05, 3.63) is 113 Å². The van der Waals surface area contributed by atoms with Gasteiger partial charge in [-0.25, -0.2) is 19.2 Å². The highest BCUT2D eigenvalue weighted by Gasteiger charge is 2.26. The smallest absolute Gasteiger partial charge is 0.339 e. The zero-order chi connectivity index (χ0) is 53.4. The van der Waals surface area contributed by atoms with Crippen LogP contribution in [0, 0.1) is 0 Å². The molecule has 0 unspecified atom stereocenters. The number of rotatable bonds is 27. The molecule has 4 aromatic carbocycles. The van der Waals surface area contributed by atoms with Crippen LogP contribution in [0.15, 0.2) is 48.5 Å². The Hall–Kier alpha value is -7.08. The molecule has 4 aromatic rings. The number of nitrogens with one attached hydrogen (secondary N) is 4. The molecule has 0 fully saturated rings. The van der Waals surface area contributed by atoms with Crippen LogP contribution in [-0.4, -0.2) is 172 Å². The highest BCUT2D eigenvalue weighted by Crippen LogP contribution is 2.32.